The molecule has 1 fully saturated rings. The van der Waals surface area contributed by atoms with Gasteiger partial charge in [0.2, 0.25) is 6.29 Å². The Bertz CT molecular complexity index is 1890. The molecule has 4 atom stereocenters. The van der Waals surface area contributed by atoms with Crippen LogP contribution >= 0.6 is 0 Å². The lowest BCUT2D eigenvalue weighted by Gasteiger charge is -2.47. The fraction of sp³-hybridized carbons (Fsp3) is 0.281. The molecule has 2 heterocycles. The first-order valence-electron chi connectivity index (χ1n) is 13.9. The fourth-order valence-corrected chi connectivity index (χ4v) is 5.37. The van der Waals surface area contributed by atoms with Gasteiger partial charge in [-0.05, 0) is 68.3 Å². The molecule has 5 N–H and O–H groups in total. The molecule has 4 aromatic rings. The van der Waals surface area contributed by atoms with Gasteiger partial charge < -0.3 is 44.6 Å². The number of primary amides is 1. The van der Waals surface area contributed by atoms with E-state index in [-0.39, 0.29) is 27.8 Å². The van der Waals surface area contributed by atoms with E-state index < -0.39 is 70.9 Å². The Morgan fingerprint density at radius 1 is 1.04 bits per heavy atom. The van der Waals surface area contributed by atoms with Crippen LogP contribution in [-0.2, 0) is 14.2 Å². The van der Waals surface area contributed by atoms with Crippen molar-refractivity contribution in [3.05, 3.63) is 87.8 Å². The number of anilines is 1. The van der Waals surface area contributed by atoms with Crippen LogP contribution in [0.15, 0.2) is 63.8 Å². The highest BCUT2D eigenvalue weighted by molar-refractivity contribution is 6.07. The number of fused-ring (bicyclic) bond motifs is 1. The summed E-state index contributed by atoms with van der Waals surface area (Å²) in [4.78, 5) is 37.6. The van der Waals surface area contributed by atoms with Crippen molar-refractivity contribution in [2.45, 2.75) is 51.0 Å². The Morgan fingerprint density at radius 3 is 2.43 bits per heavy atom. The van der Waals surface area contributed by atoms with Crippen molar-refractivity contribution in [2.75, 3.05) is 12.4 Å². The number of halogens is 2. The number of hydrogen-bond acceptors (Lipinski definition) is 10. The summed E-state index contributed by atoms with van der Waals surface area (Å²) < 4.78 is 54.9. The highest BCUT2D eigenvalue weighted by Gasteiger charge is 2.53. The molecule has 3 aromatic carbocycles. The summed E-state index contributed by atoms with van der Waals surface area (Å²) in [6, 6.07) is 12.0. The Balaban J connectivity index is 1.42. The van der Waals surface area contributed by atoms with Crippen LogP contribution in [0.25, 0.3) is 22.1 Å². The lowest BCUT2D eigenvalue weighted by atomic mass is 9.89. The minimum Gasteiger partial charge on any atom is -0.505 e. The van der Waals surface area contributed by atoms with E-state index >= 15 is 0 Å². The van der Waals surface area contributed by atoms with Gasteiger partial charge in [0.15, 0.2) is 35.3 Å². The molecule has 1 saturated heterocycles. The van der Waals surface area contributed by atoms with E-state index in [2.05, 4.69) is 5.32 Å². The number of nitrogens with two attached hydrogens (primary N) is 1. The number of aromatic hydroxyl groups is 1. The van der Waals surface area contributed by atoms with Gasteiger partial charge in [-0.15, -0.1) is 0 Å². The van der Waals surface area contributed by atoms with Crippen molar-refractivity contribution in [1.82, 2.24) is 0 Å². The van der Waals surface area contributed by atoms with E-state index in [0.717, 1.165) is 12.1 Å². The average Bonchev–Trinajstić information content (AvgIpc) is 3.00. The van der Waals surface area contributed by atoms with Gasteiger partial charge in [0.25, 0.3) is 5.91 Å². The number of aryl methyl sites for hydroxylation is 1. The normalized spacial score (nSPS) is 20.7. The van der Waals surface area contributed by atoms with Gasteiger partial charge in [-0.25, -0.2) is 18.4 Å². The Labute approximate surface area is 260 Å². The second-order valence-corrected chi connectivity index (χ2v) is 11.1. The molecule has 1 aliphatic rings. The third kappa shape index (κ3) is 6.09. The maximum absolute atomic E-state index is 13.8. The maximum Gasteiger partial charge on any atom is 0.404 e. The fourth-order valence-electron chi connectivity index (χ4n) is 5.37. The standard InChI is InChI=1S/C32H30F2N2O10/c1-14-21(43-30-24(38)26(45-31(35)41)27(42-4)32(2,3)46-30)11-9-18-23(37)22(29(40)44-25(14)18)36-28(39)17-7-5-6-15(12-17)16-8-10-19(33)20(34)13-16/h5-13,24,26-27,30,37-38H,1-4H3,(H2,35,41)(H,36,39)/t24-,26+,27-,30-/m1/s1. The zero-order chi connectivity index (χ0) is 33.5. The smallest absolute Gasteiger partial charge is 0.404 e. The molecule has 0 spiro atoms. The maximum atomic E-state index is 13.8. The molecular formula is C32H30F2N2O10. The van der Waals surface area contributed by atoms with Gasteiger partial charge in [0, 0.05) is 18.2 Å². The molecule has 14 heteroatoms. The molecule has 0 aliphatic carbocycles. The summed E-state index contributed by atoms with van der Waals surface area (Å²) in [5.41, 5.74) is 3.40. The highest BCUT2D eigenvalue weighted by Crippen LogP contribution is 2.38. The SMILES string of the molecule is CO[C@@H]1[C@@H](OC(N)=O)[C@@H](O)[C@H](Oc2ccc3c(O)c(NC(=O)c4cccc(-c5ccc(F)c(F)c5)c4)c(=O)oc3c2C)OC1(C)C. The zero-order valence-electron chi connectivity index (χ0n) is 25.0. The molecule has 0 unspecified atom stereocenters. The second kappa shape index (κ2) is 12.4. The lowest BCUT2D eigenvalue weighted by Crippen LogP contribution is -2.65. The van der Waals surface area contributed by atoms with Crippen molar-refractivity contribution in [3.8, 4) is 22.6 Å². The van der Waals surface area contributed by atoms with Gasteiger partial charge in [-0.2, -0.15) is 0 Å². The number of aliphatic hydroxyl groups is 1. The van der Waals surface area contributed by atoms with Crippen LogP contribution in [0.5, 0.6) is 11.5 Å². The number of aliphatic hydroxyl groups excluding tert-OH is 1. The molecule has 46 heavy (non-hydrogen) atoms. The van der Waals surface area contributed by atoms with Crippen LogP contribution in [-0.4, -0.2) is 59.5 Å². The predicted octanol–water partition coefficient (Wildman–Crippen LogP) is 4.36. The minimum atomic E-state index is -1.54. The van der Waals surface area contributed by atoms with Crippen molar-refractivity contribution in [1.29, 1.82) is 0 Å². The van der Waals surface area contributed by atoms with Gasteiger partial charge in [-0.1, -0.05) is 18.2 Å². The minimum absolute atomic E-state index is 0.0510. The molecule has 5 rings (SSSR count). The summed E-state index contributed by atoms with van der Waals surface area (Å²) in [5.74, 6) is -3.34. The van der Waals surface area contributed by atoms with Gasteiger partial charge in [0.1, 0.15) is 17.4 Å². The van der Waals surface area contributed by atoms with Crippen LogP contribution in [0.3, 0.4) is 0 Å². The summed E-state index contributed by atoms with van der Waals surface area (Å²) >= 11 is 0. The third-order valence-electron chi connectivity index (χ3n) is 7.63. The molecular weight excluding hydrogens is 610 g/mol. The van der Waals surface area contributed by atoms with E-state index in [0.29, 0.717) is 11.1 Å². The Kier molecular flexibility index (Phi) is 8.71. The number of nitrogens with one attached hydrogen (secondary N) is 1. The molecule has 242 valence electrons. The second-order valence-electron chi connectivity index (χ2n) is 11.1. The first kappa shape index (κ1) is 32.3. The quantitative estimate of drug-likeness (QED) is 0.212. The van der Waals surface area contributed by atoms with Crippen molar-refractivity contribution < 1.29 is 51.9 Å². The molecule has 0 bridgehead atoms. The van der Waals surface area contributed by atoms with Crippen LogP contribution in [0, 0.1) is 18.6 Å². The topological polar surface area (TPSA) is 180 Å². The summed E-state index contributed by atoms with van der Waals surface area (Å²) in [5, 5.41) is 24.3. The molecule has 1 aliphatic heterocycles. The molecule has 1 aromatic heterocycles. The van der Waals surface area contributed by atoms with Gasteiger partial charge in [-0.3, -0.25) is 4.79 Å². The number of methoxy groups -OCH3 is 1. The van der Waals surface area contributed by atoms with Crippen molar-refractivity contribution >= 4 is 28.7 Å². The van der Waals surface area contributed by atoms with Crippen LogP contribution in [0.1, 0.15) is 29.8 Å². The first-order valence-corrected chi connectivity index (χ1v) is 13.9. The lowest BCUT2D eigenvalue weighted by molar-refractivity contribution is -0.304. The summed E-state index contributed by atoms with van der Waals surface area (Å²) in [6.45, 7) is 4.80. The number of rotatable bonds is 7. The van der Waals surface area contributed by atoms with Gasteiger partial charge >= 0.3 is 11.7 Å². The van der Waals surface area contributed by atoms with E-state index in [1.54, 1.807) is 19.9 Å². The van der Waals surface area contributed by atoms with Gasteiger partial charge in [0.05, 0.1) is 11.0 Å². The zero-order valence-corrected chi connectivity index (χ0v) is 25.0. The summed E-state index contributed by atoms with van der Waals surface area (Å²) in [6.07, 6.45) is -6.21. The van der Waals surface area contributed by atoms with Crippen LogP contribution < -0.4 is 21.4 Å². The van der Waals surface area contributed by atoms with Crippen LogP contribution in [0.2, 0.25) is 0 Å². The van der Waals surface area contributed by atoms with Crippen molar-refractivity contribution in [2.24, 2.45) is 5.73 Å². The van der Waals surface area contributed by atoms with Crippen LogP contribution in [0.4, 0.5) is 19.3 Å². The third-order valence-corrected chi connectivity index (χ3v) is 7.63. The number of amides is 2. The molecule has 0 saturated carbocycles. The first-order chi connectivity index (χ1) is 21.7. The Morgan fingerprint density at radius 2 is 1.76 bits per heavy atom. The summed E-state index contributed by atoms with van der Waals surface area (Å²) in [7, 11) is 1.35. The number of ether oxygens (including phenoxy) is 4. The highest BCUT2D eigenvalue weighted by atomic mass is 19.2. The van der Waals surface area contributed by atoms with E-state index in [1.807, 2.05) is 0 Å². The Hall–Kier alpha value is -5.05. The number of benzene rings is 3. The van der Waals surface area contributed by atoms with E-state index in [9.17, 15) is 33.4 Å². The largest absolute Gasteiger partial charge is 0.505 e. The molecule has 2 amide bonds. The predicted molar refractivity (Wildman–Crippen MR) is 159 cm³/mol. The van der Waals surface area contributed by atoms with Crippen molar-refractivity contribution in [3.63, 3.8) is 0 Å². The van der Waals surface area contributed by atoms with E-state index in [1.165, 1.54) is 50.4 Å². The number of carbonyl (C=O) groups excluding carboxylic acids is 2. The molecule has 0 radical (unpaired) electrons. The monoisotopic (exact) mass is 640 g/mol. The number of carbonyl (C=O) groups is 2. The van der Waals surface area contributed by atoms with E-state index in [4.69, 9.17) is 29.1 Å². The average molecular weight is 641 g/mol. The number of hydrogen-bond donors (Lipinski definition) is 4. The molecule has 12 nitrogen and oxygen atoms in total.